The van der Waals surface area contributed by atoms with Crippen LogP contribution >= 0.6 is 0 Å². The third-order valence-corrected chi connectivity index (χ3v) is 3.62. The molecule has 2 aromatic rings. The number of aromatic nitrogens is 2. The lowest BCUT2D eigenvalue weighted by molar-refractivity contribution is 0.380. The molecule has 2 heterocycles. The molecule has 0 spiro atoms. The average molecular weight is 268 g/mol. The molecule has 0 aromatic carbocycles. The molecule has 0 aliphatic rings. The summed E-state index contributed by atoms with van der Waals surface area (Å²) in [7, 11) is -1.92. The minimum absolute atomic E-state index is 0.0551. The standard InChI is InChI=1S/C10H12N4O3S/c1-11-10-6-9(3-4-12-10)18(15,16)14-7-8-2-5-13-17-8/h2-6,14H,7H2,1H3,(H,11,12). The molecule has 7 nitrogen and oxygen atoms in total. The molecule has 0 aliphatic carbocycles. The smallest absolute Gasteiger partial charge is 0.241 e. The molecule has 0 atom stereocenters. The second-order valence-electron chi connectivity index (χ2n) is 3.43. The van der Waals surface area contributed by atoms with Gasteiger partial charge in [0, 0.05) is 25.4 Å². The Morgan fingerprint density at radius 2 is 2.17 bits per heavy atom. The van der Waals surface area contributed by atoms with E-state index >= 15 is 0 Å². The van der Waals surface area contributed by atoms with E-state index in [4.69, 9.17) is 4.52 Å². The van der Waals surface area contributed by atoms with Gasteiger partial charge in [-0.05, 0) is 6.07 Å². The minimum atomic E-state index is -3.59. The third kappa shape index (κ3) is 2.84. The number of nitrogens with zero attached hydrogens (tertiary/aromatic N) is 2. The molecule has 0 fully saturated rings. The predicted octanol–water partition coefficient (Wildman–Crippen LogP) is 0.590. The van der Waals surface area contributed by atoms with Gasteiger partial charge in [0.2, 0.25) is 10.0 Å². The van der Waals surface area contributed by atoms with Gasteiger partial charge in [-0.1, -0.05) is 5.16 Å². The van der Waals surface area contributed by atoms with E-state index in [-0.39, 0.29) is 11.4 Å². The molecule has 0 unspecified atom stereocenters. The lowest BCUT2D eigenvalue weighted by Crippen LogP contribution is -2.23. The summed E-state index contributed by atoms with van der Waals surface area (Å²) < 4.78 is 31.2. The van der Waals surface area contributed by atoms with Gasteiger partial charge in [0.1, 0.15) is 5.82 Å². The number of rotatable bonds is 5. The summed E-state index contributed by atoms with van der Waals surface area (Å²) in [4.78, 5) is 4.09. The molecular weight excluding hydrogens is 256 g/mol. The van der Waals surface area contributed by atoms with Crippen LogP contribution in [0, 0.1) is 0 Å². The number of hydrogen-bond donors (Lipinski definition) is 2. The summed E-state index contributed by atoms with van der Waals surface area (Å²) in [6, 6.07) is 4.46. The van der Waals surface area contributed by atoms with Crippen LogP contribution in [0.25, 0.3) is 0 Å². The predicted molar refractivity (Wildman–Crippen MR) is 64.3 cm³/mol. The van der Waals surface area contributed by atoms with Crippen LogP contribution in [0.4, 0.5) is 5.82 Å². The average Bonchev–Trinajstić information content (AvgIpc) is 2.90. The first-order chi connectivity index (χ1) is 8.62. The maximum Gasteiger partial charge on any atom is 0.241 e. The second-order valence-corrected chi connectivity index (χ2v) is 5.20. The molecule has 2 N–H and O–H groups in total. The molecule has 2 rings (SSSR count). The lowest BCUT2D eigenvalue weighted by atomic mass is 10.5. The van der Waals surface area contributed by atoms with Crippen LogP contribution < -0.4 is 10.0 Å². The fourth-order valence-corrected chi connectivity index (χ4v) is 2.30. The molecule has 18 heavy (non-hydrogen) atoms. The summed E-state index contributed by atoms with van der Waals surface area (Å²) in [5, 5.41) is 6.27. The van der Waals surface area contributed by atoms with Crippen LogP contribution in [-0.2, 0) is 16.6 Å². The topological polar surface area (TPSA) is 97.1 Å². The van der Waals surface area contributed by atoms with Crippen molar-refractivity contribution in [3.8, 4) is 0 Å². The summed E-state index contributed by atoms with van der Waals surface area (Å²) in [5.41, 5.74) is 0. The number of sulfonamides is 1. The van der Waals surface area contributed by atoms with Crippen LogP contribution in [0.1, 0.15) is 5.76 Å². The van der Waals surface area contributed by atoms with Crippen molar-refractivity contribution in [2.45, 2.75) is 11.4 Å². The number of pyridine rings is 1. The Kier molecular flexibility index (Phi) is 3.58. The first-order valence-corrected chi connectivity index (χ1v) is 6.63. The largest absolute Gasteiger partial charge is 0.373 e. The zero-order chi connectivity index (χ0) is 13.0. The highest BCUT2D eigenvalue weighted by Gasteiger charge is 2.15. The van der Waals surface area contributed by atoms with Crippen molar-refractivity contribution in [1.82, 2.24) is 14.9 Å². The van der Waals surface area contributed by atoms with Gasteiger partial charge in [0.25, 0.3) is 0 Å². The highest BCUT2D eigenvalue weighted by atomic mass is 32.2. The zero-order valence-electron chi connectivity index (χ0n) is 9.62. The maximum atomic E-state index is 12.0. The van der Waals surface area contributed by atoms with Gasteiger partial charge < -0.3 is 9.84 Å². The van der Waals surface area contributed by atoms with Crippen LogP contribution in [0.15, 0.2) is 40.0 Å². The van der Waals surface area contributed by atoms with E-state index < -0.39 is 10.0 Å². The van der Waals surface area contributed by atoms with Crippen molar-refractivity contribution >= 4 is 15.8 Å². The normalized spacial score (nSPS) is 11.4. The molecule has 0 saturated carbocycles. The molecule has 0 saturated heterocycles. The van der Waals surface area contributed by atoms with E-state index in [2.05, 4.69) is 20.2 Å². The van der Waals surface area contributed by atoms with Crippen molar-refractivity contribution in [2.75, 3.05) is 12.4 Å². The quantitative estimate of drug-likeness (QED) is 0.823. The van der Waals surface area contributed by atoms with Gasteiger partial charge in [0.15, 0.2) is 5.76 Å². The molecule has 2 aromatic heterocycles. The zero-order valence-corrected chi connectivity index (χ0v) is 10.4. The fourth-order valence-electron chi connectivity index (χ4n) is 1.30. The van der Waals surface area contributed by atoms with Gasteiger partial charge in [-0.2, -0.15) is 0 Å². The van der Waals surface area contributed by atoms with Crippen LogP contribution in [-0.4, -0.2) is 25.6 Å². The fraction of sp³-hybridized carbons (Fsp3) is 0.200. The van der Waals surface area contributed by atoms with Crippen molar-refractivity contribution in [3.63, 3.8) is 0 Å². The monoisotopic (exact) mass is 268 g/mol. The van der Waals surface area contributed by atoms with E-state index in [1.807, 2.05) is 0 Å². The molecule has 8 heteroatoms. The third-order valence-electron chi connectivity index (χ3n) is 2.23. The summed E-state index contributed by atoms with van der Waals surface area (Å²) >= 11 is 0. The van der Waals surface area contributed by atoms with Crippen LogP contribution in [0.3, 0.4) is 0 Å². The minimum Gasteiger partial charge on any atom is -0.373 e. The Hall–Kier alpha value is -1.93. The molecule has 0 amide bonds. The van der Waals surface area contributed by atoms with Crippen LogP contribution in [0.5, 0.6) is 0 Å². The molecular formula is C10H12N4O3S. The number of anilines is 1. The molecule has 0 bridgehead atoms. The van der Waals surface area contributed by atoms with Crippen molar-refractivity contribution in [1.29, 1.82) is 0 Å². The highest BCUT2D eigenvalue weighted by molar-refractivity contribution is 7.89. The van der Waals surface area contributed by atoms with E-state index in [9.17, 15) is 8.42 Å². The van der Waals surface area contributed by atoms with Gasteiger partial charge in [0.05, 0.1) is 17.6 Å². The Labute approximate surface area is 104 Å². The van der Waals surface area contributed by atoms with Gasteiger partial charge in [-0.3, -0.25) is 0 Å². The maximum absolute atomic E-state index is 12.0. The van der Waals surface area contributed by atoms with E-state index in [1.165, 1.54) is 24.5 Å². The van der Waals surface area contributed by atoms with E-state index in [0.717, 1.165) is 0 Å². The highest BCUT2D eigenvalue weighted by Crippen LogP contribution is 2.12. The van der Waals surface area contributed by atoms with Gasteiger partial charge in [-0.15, -0.1) is 0 Å². The Morgan fingerprint density at radius 3 is 2.83 bits per heavy atom. The van der Waals surface area contributed by atoms with Gasteiger partial charge >= 0.3 is 0 Å². The second kappa shape index (κ2) is 5.15. The van der Waals surface area contributed by atoms with Crippen molar-refractivity contribution in [3.05, 3.63) is 36.4 Å². The SMILES string of the molecule is CNc1cc(S(=O)(=O)NCc2ccno2)ccn1. The Bertz CT molecular complexity index is 610. The van der Waals surface area contributed by atoms with Gasteiger partial charge in [-0.25, -0.2) is 18.1 Å². The summed E-state index contributed by atoms with van der Waals surface area (Å²) in [5.74, 6) is 0.930. The Balaban J connectivity index is 2.14. The molecule has 96 valence electrons. The first kappa shape index (κ1) is 12.5. The number of nitrogens with one attached hydrogen (secondary N) is 2. The summed E-state index contributed by atoms with van der Waals surface area (Å²) in [6.07, 6.45) is 2.88. The van der Waals surface area contributed by atoms with Crippen molar-refractivity contribution in [2.24, 2.45) is 0 Å². The lowest BCUT2D eigenvalue weighted by Gasteiger charge is -2.06. The number of hydrogen-bond acceptors (Lipinski definition) is 6. The van der Waals surface area contributed by atoms with E-state index in [0.29, 0.717) is 11.6 Å². The molecule has 0 aliphatic heterocycles. The summed E-state index contributed by atoms with van der Waals surface area (Å²) in [6.45, 7) is 0.0551. The van der Waals surface area contributed by atoms with E-state index in [1.54, 1.807) is 13.1 Å². The molecule has 0 radical (unpaired) electrons. The Morgan fingerprint density at radius 1 is 1.33 bits per heavy atom. The first-order valence-electron chi connectivity index (χ1n) is 5.15. The van der Waals surface area contributed by atoms with Crippen molar-refractivity contribution < 1.29 is 12.9 Å². The van der Waals surface area contributed by atoms with Crippen LogP contribution in [0.2, 0.25) is 0 Å².